The highest BCUT2D eigenvalue weighted by molar-refractivity contribution is 5.85. The number of carboxylic acids is 1. The molecule has 1 amide bonds. The molecule has 0 spiro atoms. The molecule has 45 heavy (non-hydrogen) atoms. The van der Waals surface area contributed by atoms with Gasteiger partial charge in [0.2, 0.25) is 5.91 Å². The molecular weight excluding hydrogens is 568 g/mol. The van der Waals surface area contributed by atoms with Crippen LogP contribution in [-0.4, -0.2) is 48.8 Å². The predicted molar refractivity (Wildman–Crippen MR) is 176 cm³/mol. The SMILES string of the molecule is CCCCCCCC[C@H]1C(OC(=O)C2CCCCC2C(=O)NCCCCCCN)C[C@@H]2Cc3c(cccc3OCC(=O)O)C[C@@H]21. The van der Waals surface area contributed by atoms with E-state index in [1.807, 2.05) is 12.1 Å². The van der Waals surface area contributed by atoms with E-state index < -0.39 is 5.97 Å². The monoisotopic (exact) mass is 626 g/mol. The van der Waals surface area contributed by atoms with Crippen molar-refractivity contribution in [3.8, 4) is 5.75 Å². The Morgan fingerprint density at radius 2 is 1.67 bits per heavy atom. The zero-order chi connectivity index (χ0) is 32.0. The molecule has 1 aromatic rings. The molecule has 0 radical (unpaired) electrons. The van der Waals surface area contributed by atoms with Gasteiger partial charge in [0.05, 0.1) is 11.8 Å². The molecule has 8 nitrogen and oxygen atoms in total. The largest absolute Gasteiger partial charge is 0.482 e. The van der Waals surface area contributed by atoms with Crippen LogP contribution in [0.25, 0.3) is 0 Å². The van der Waals surface area contributed by atoms with Gasteiger partial charge in [-0.15, -0.1) is 0 Å². The number of carbonyl (C=O) groups is 3. The number of hydrogen-bond acceptors (Lipinski definition) is 6. The first-order valence-electron chi connectivity index (χ1n) is 18.1. The van der Waals surface area contributed by atoms with Crippen LogP contribution in [-0.2, 0) is 32.0 Å². The van der Waals surface area contributed by atoms with Crippen molar-refractivity contribution in [2.45, 2.75) is 129 Å². The number of ether oxygens (including phenoxy) is 2. The van der Waals surface area contributed by atoms with E-state index in [0.29, 0.717) is 43.0 Å². The zero-order valence-electron chi connectivity index (χ0n) is 27.6. The van der Waals surface area contributed by atoms with Gasteiger partial charge >= 0.3 is 11.9 Å². The van der Waals surface area contributed by atoms with Crippen molar-refractivity contribution in [2.24, 2.45) is 35.3 Å². The van der Waals surface area contributed by atoms with Gasteiger partial charge in [0.15, 0.2) is 6.61 Å². The summed E-state index contributed by atoms with van der Waals surface area (Å²) in [7, 11) is 0. The predicted octanol–water partition coefficient (Wildman–Crippen LogP) is 6.61. The molecular formula is C37H58N2O6. The second-order valence-electron chi connectivity index (χ2n) is 13.8. The van der Waals surface area contributed by atoms with Crippen LogP contribution < -0.4 is 15.8 Å². The summed E-state index contributed by atoms with van der Waals surface area (Å²) in [6.07, 6.45) is 18.3. The average molecular weight is 627 g/mol. The van der Waals surface area contributed by atoms with Gasteiger partial charge < -0.3 is 25.6 Å². The Balaban J connectivity index is 1.41. The Morgan fingerprint density at radius 3 is 2.44 bits per heavy atom. The van der Waals surface area contributed by atoms with Crippen LogP contribution in [0, 0.1) is 29.6 Å². The van der Waals surface area contributed by atoms with E-state index in [4.69, 9.17) is 15.2 Å². The number of rotatable bonds is 19. The zero-order valence-corrected chi connectivity index (χ0v) is 27.6. The summed E-state index contributed by atoms with van der Waals surface area (Å²) in [4.78, 5) is 38.3. The molecule has 252 valence electrons. The quantitative estimate of drug-likeness (QED) is 0.117. The Bertz CT molecular complexity index is 1090. The fourth-order valence-corrected chi connectivity index (χ4v) is 8.28. The second kappa shape index (κ2) is 18.5. The molecule has 3 unspecified atom stereocenters. The van der Waals surface area contributed by atoms with Crippen LogP contribution in [0.4, 0.5) is 0 Å². The minimum Gasteiger partial charge on any atom is -0.482 e. The number of esters is 1. The summed E-state index contributed by atoms with van der Waals surface area (Å²) < 4.78 is 12.2. The number of fused-ring (bicyclic) bond motifs is 2. The normalized spacial score (nSPS) is 25.6. The van der Waals surface area contributed by atoms with E-state index in [0.717, 1.165) is 82.6 Å². The molecule has 3 aliphatic rings. The molecule has 2 saturated carbocycles. The molecule has 6 atom stereocenters. The van der Waals surface area contributed by atoms with Gasteiger partial charge in [-0.05, 0) is 92.9 Å². The summed E-state index contributed by atoms with van der Waals surface area (Å²) in [5, 5.41) is 12.3. The highest BCUT2D eigenvalue weighted by Crippen LogP contribution is 2.50. The van der Waals surface area contributed by atoms with E-state index in [-0.39, 0.29) is 36.4 Å². The van der Waals surface area contributed by atoms with E-state index in [9.17, 15) is 19.5 Å². The third kappa shape index (κ3) is 10.2. The van der Waals surface area contributed by atoms with Gasteiger partial charge in [-0.1, -0.05) is 83.3 Å². The van der Waals surface area contributed by atoms with Crippen molar-refractivity contribution in [1.82, 2.24) is 5.32 Å². The van der Waals surface area contributed by atoms with E-state index >= 15 is 0 Å². The third-order valence-corrected chi connectivity index (χ3v) is 10.7. The number of hydrogen-bond donors (Lipinski definition) is 3. The number of amides is 1. The van der Waals surface area contributed by atoms with Crippen LogP contribution in [0.15, 0.2) is 18.2 Å². The molecule has 0 aliphatic heterocycles. The molecule has 4 N–H and O–H groups in total. The summed E-state index contributed by atoms with van der Waals surface area (Å²) >= 11 is 0. The molecule has 8 heteroatoms. The molecule has 0 saturated heterocycles. The fraction of sp³-hybridized carbons (Fsp3) is 0.757. The lowest BCUT2D eigenvalue weighted by atomic mass is 9.73. The summed E-state index contributed by atoms with van der Waals surface area (Å²) in [6, 6.07) is 5.97. The van der Waals surface area contributed by atoms with Gasteiger partial charge in [-0.3, -0.25) is 9.59 Å². The second-order valence-corrected chi connectivity index (χ2v) is 13.8. The first-order chi connectivity index (χ1) is 21.9. The molecule has 2 fully saturated rings. The van der Waals surface area contributed by atoms with Gasteiger partial charge in [0.25, 0.3) is 0 Å². The van der Waals surface area contributed by atoms with Crippen molar-refractivity contribution < 1.29 is 29.0 Å². The maximum Gasteiger partial charge on any atom is 0.341 e. The number of aliphatic carboxylic acids is 1. The lowest BCUT2D eigenvalue weighted by molar-refractivity contribution is -0.162. The lowest BCUT2D eigenvalue weighted by Crippen LogP contribution is -2.42. The molecule has 3 aliphatic carbocycles. The first kappa shape index (κ1) is 35.2. The Labute approximate surface area is 270 Å². The molecule has 4 rings (SSSR count). The van der Waals surface area contributed by atoms with Crippen molar-refractivity contribution >= 4 is 17.8 Å². The van der Waals surface area contributed by atoms with E-state index in [1.54, 1.807) is 0 Å². The number of nitrogens with one attached hydrogen (secondary N) is 1. The van der Waals surface area contributed by atoms with Crippen molar-refractivity contribution in [3.63, 3.8) is 0 Å². The lowest BCUT2D eigenvalue weighted by Gasteiger charge is -2.33. The number of benzene rings is 1. The summed E-state index contributed by atoms with van der Waals surface area (Å²) in [5.41, 5.74) is 7.93. The van der Waals surface area contributed by atoms with Crippen LogP contribution in [0.3, 0.4) is 0 Å². The smallest absolute Gasteiger partial charge is 0.341 e. The highest BCUT2D eigenvalue weighted by atomic mass is 16.5. The summed E-state index contributed by atoms with van der Waals surface area (Å²) in [6.45, 7) is 3.24. The van der Waals surface area contributed by atoms with E-state index in [1.165, 1.54) is 37.7 Å². The van der Waals surface area contributed by atoms with Crippen LogP contribution in [0.5, 0.6) is 5.75 Å². The van der Waals surface area contributed by atoms with Gasteiger partial charge in [0.1, 0.15) is 11.9 Å². The molecule has 1 aromatic carbocycles. The van der Waals surface area contributed by atoms with Crippen LogP contribution in [0.1, 0.15) is 121 Å². The maximum atomic E-state index is 13.8. The van der Waals surface area contributed by atoms with Crippen molar-refractivity contribution in [3.05, 3.63) is 29.3 Å². The minimum absolute atomic E-state index is 0.00327. The Morgan fingerprint density at radius 1 is 0.933 bits per heavy atom. The number of nitrogens with two attached hydrogens (primary N) is 1. The first-order valence-corrected chi connectivity index (χ1v) is 18.1. The molecule has 0 bridgehead atoms. The third-order valence-electron chi connectivity index (χ3n) is 10.7. The highest BCUT2D eigenvalue weighted by Gasteiger charge is 2.48. The van der Waals surface area contributed by atoms with Gasteiger partial charge in [-0.2, -0.15) is 0 Å². The maximum absolute atomic E-state index is 13.8. The van der Waals surface area contributed by atoms with Gasteiger partial charge in [-0.25, -0.2) is 4.79 Å². The van der Waals surface area contributed by atoms with Crippen molar-refractivity contribution in [2.75, 3.05) is 19.7 Å². The standard InChI is InChI=1S/C37H58N2O6/c1-2-3-4-5-6-9-16-28-31-22-26-15-14-19-33(44-25-35(40)41)32(26)23-27(31)24-34(28)45-37(43)30-18-11-10-17-29(30)36(42)39-21-13-8-7-12-20-38/h14-15,19,27-31,34H,2-13,16-18,20-25,38H2,1H3,(H,39,42)(H,40,41)/t27-,28+,29?,30?,31-,34?/m0/s1. The number of carboxylic acid groups (broad SMARTS) is 1. The number of unbranched alkanes of at least 4 members (excludes halogenated alkanes) is 8. The fourth-order valence-electron chi connectivity index (χ4n) is 8.28. The van der Waals surface area contributed by atoms with Crippen LogP contribution in [0.2, 0.25) is 0 Å². The molecule has 0 aromatic heterocycles. The van der Waals surface area contributed by atoms with Crippen LogP contribution >= 0.6 is 0 Å². The van der Waals surface area contributed by atoms with Gasteiger partial charge in [0, 0.05) is 6.54 Å². The summed E-state index contributed by atoms with van der Waals surface area (Å²) in [5.74, 6) is -0.102. The Kier molecular flexibility index (Phi) is 14.5. The van der Waals surface area contributed by atoms with Crippen molar-refractivity contribution in [1.29, 1.82) is 0 Å². The minimum atomic E-state index is -0.981. The van der Waals surface area contributed by atoms with E-state index in [2.05, 4.69) is 18.3 Å². The molecule has 0 heterocycles. The Hall–Kier alpha value is -2.61. The topological polar surface area (TPSA) is 128 Å². The number of carbonyl (C=O) groups excluding carboxylic acids is 2. The average Bonchev–Trinajstić information content (AvgIpc) is 3.37.